The lowest BCUT2D eigenvalue weighted by molar-refractivity contribution is 0.0253. The topological polar surface area (TPSA) is 95.9 Å². The molecule has 206 valence electrons. The lowest BCUT2D eigenvalue weighted by Gasteiger charge is -2.34. The van der Waals surface area contributed by atoms with Gasteiger partial charge in [0.25, 0.3) is 0 Å². The molecule has 4 saturated heterocycles. The number of pyridine rings is 1. The Bertz CT molecular complexity index is 1610. The van der Waals surface area contributed by atoms with Gasteiger partial charge in [-0.05, 0) is 42.2 Å². The van der Waals surface area contributed by atoms with E-state index in [1.54, 1.807) is 18.3 Å². The molecule has 4 aromatic rings. The highest BCUT2D eigenvalue weighted by atomic mass is 19.1. The highest BCUT2D eigenvalue weighted by Crippen LogP contribution is 2.37. The van der Waals surface area contributed by atoms with Crippen molar-refractivity contribution < 1.29 is 19.0 Å². The molecule has 10 heteroatoms. The van der Waals surface area contributed by atoms with Crippen LogP contribution >= 0.6 is 0 Å². The Morgan fingerprint density at radius 3 is 2.73 bits per heavy atom. The number of benzene rings is 2. The normalized spacial score (nSPS) is 25.9. The van der Waals surface area contributed by atoms with Crippen LogP contribution in [-0.4, -0.2) is 88.6 Å². The summed E-state index contributed by atoms with van der Waals surface area (Å²) < 4.78 is 28.2. The molecule has 0 aliphatic carbocycles. The molecule has 4 aliphatic heterocycles. The lowest BCUT2D eigenvalue weighted by atomic mass is 10.0. The van der Waals surface area contributed by atoms with E-state index in [1.807, 2.05) is 24.3 Å². The lowest BCUT2D eigenvalue weighted by Crippen LogP contribution is -2.51. The van der Waals surface area contributed by atoms with Crippen LogP contribution in [0.25, 0.3) is 32.9 Å². The van der Waals surface area contributed by atoms with Gasteiger partial charge >= 0.3 is 6.01 Å². The monoisotopic (exact) mass is 542 g/mol. The molecule has 9 nitrogen and oxygen atoms in total. The van der Waals surface area contributed by atoms with E-state index in [0.717, 1.165) is 62.8 Å². The first kappa shape index (κ1) is 24.2. The number of ether oxygens (including phenoxy) is 2. The van der Waals surface area contributed by atoms with E-state index >= 15 is 4.39 Å². The second-order valence-electron chi connectivity index (χ2n) is 11.5. The summed E-state index contributed by atoms with van der Waals surface area (Å²) in [6.07, 6.45) is 5.31. The number of fused-ring (bicyclic) bond motifs is 6. The Morgan fingerprint density at radius 2 is 1.93 bits per heavy atom. The van der Waals surface area contributed by atoms with Crippen molar-refractivity contribution in [2.24, 2.45) is 0 Å². The van der Waals surface area contributed by atoms with E-state index in [9.17, 15) is 5.11 Å². The zero-order valence-corrected chi connectivity index (χ0v) is 22.1. The van der Waals surface area contributed by atoms with Gasteiger partial charge in [-0.2, -0.15) is 9.97 Å². The van der Waals surface area contributed by atoms with Crippen molar-refractivity contribution in [3.8, 4) is 23.0 Å². The van der Waals surface area contributed by atoms with Gasteiger partial charge in [-0.25, -0.2) is 4.39 Å². The third-order valence-electron chi connectivity index (χ3n) is 8.88. The SMILES string of the molecule is Oc1cc(-c2ncc3c(N4CC5CCC(C4)N5)nc(OCCN4C[C@@H]5C[C@H]4CO5)nc3c2F)c2ccccc2c1. The molecule has 4 aliphatic rings. The standard InChI is InChI=1S/C30H31FN6O3/c31-26-27(24-11-21(38)9-17-3-1-2-4-23(17)24)32-12-25-28(26)34-30(39-8-7-36-15-22-10-20(36)16-40-22)35-29(25)37-13-18-5-6-19(14-37)33-18/h1-4,9,11-12,18-20,22,33,38H,5-8,10,13-16H2/t18?,19?,20-,22-/m0/s1. The van der Waals surface area contributed by atoms with Crippen LogP contribution in [0.3, 0.4) is 0 Å². The number of hydrogen-bond acceptors (Lipinski definition) is 9. The minimum atomic E-state index is -0.547. The van der Waals surface area contributed by atoms with Crippen molar-refractivity contribution in [1.82, 2.24) is 25.2 Å². The van der Waals surface area contributed by atoms with Crippen molar-refractivity contribution >= 4 is 27.5 Å². The van der Waals surface area contributed by atoms with Gasteiger partial charge in [0.15, 0.2) is 5.82 Å². The summed E-state index contributed by atoms with van der Waals surface area (Å²) >= 11 is 0. The number of piperazine rings is 1. The Balaban J connectivity index is 1.19. The van der Waals surface area contributed by atoms with Gasteiger partial charge in [0.1, 0.15) is 29.4 Å². The van der Waals surface area contributed by atoms with Crippen LogP contribution in [0.4, 0.5) is 10.2 Å². The van der Waals surface area contributed by atoms with Crippen molar-refractivity contribution in [3.63, 3.8) is 0 Å². The van der Waals surface area contributed by atoms with Crippen LogP contribution in [0.5, 0.6) is 11.8 Å². The minimum Gasteiger partial charge on any atom is -0.508 e. The van der Waals surface area contributed by atoms with E-state index < -0.39 is 5.82 Å². The molecule has 0 radical (unpaired) electrons. The first-order valence-corrected chi connectivity index (χ1v) is 14.2. The zero-order valence-electron chi connectivity index (χ0n) is 22.1. The number of morpholine rings is 1. The molecule has 40 heavy (non-hydrogen) atoms. The van der Waals surface area contributed by atoms with Gasteiger partial charge in [0, 0.05) is 56.1 Å². The summed E-state index contributed by atoms with van der Waals surface area (Å²) in [5.74, 6) is 0.166. The number of aromatic hydroxyl groups is 1. The van der Waals surface area contributed by atoms with Crippen LogP contribution < -0.4 is 15.0 Å². The van der Waals surface area contributed by atoms with Gasteiger partial charge in [-0.15, -0.1) is 0 Å². The predicted molar refractivity (Wildman–Crippen MR) is 149 cm³/mol. The van der Waals surface area contributed by atoms with Crippen LogP contribution in [0.15, 0.2) is 42.6 Å². The number of phenols is 1. The number of halogens is 1. The first-order valence-electron chi connectivity index (χ1n) is 14.2. The van der Waals surface area contributed by atoms with Gasteiger partial charge < -0.3 is 24.8 Å². The summed E-state index contributed by atoms with van der Waals surface area (Å²) in [5.41, 5.74) is 0.838. The quantitative estimate of drug-likeness (QED) is 0.380. The molecular formula is C30H31FN6O3. The fourth-order valence-electron chi connectivity index (χ4n) is 6.98. The number of anilines is 1. The molecule has 4 fully saturated rings. The highest BCUT2D eigenvalue weighted by Gasteiger charge is 2.38. The fourth-order valence-corrected chi connectivity index (χ4v) is 6.98. The first-order chi connectivity index (χ1) is 19.6. The third-order valence-corrected chi connectivity index (χ3v) is 8.88. The predicted octanol–water partition coefficient (Wildman–Crippen LogP) is 3.48. The van der Waals surface area contributed by atoms with Gasteiger partial charge in [0.05, 0.1) is 18.1 Å². The number of nitrogens with zero attached hydrogens (tertiary/aromatic N) is 5. The van der Waals surface area contributed by atoms with Gasteiger partial charge in [-0.3, -0.25) is 9.88 Å². The van der Waals surface area contributed by atoms with Crippen molar-refractivity contribution in [2.75, 3.05) is 44.3 Å². The molecule has 0 amide bonds. The average molecular weight is 543 g/mol. The smallest absolute Gasteiger partial charge is 0.319 e. The minimum absolute atomic E-state index is 0.0553. The maximum Gasteiger partial charge on any atom is 0.319 e. The van der Waals surface area contributed by atoms with E-state index in [4.69, 9.17) is 14.5 Å². The Labute approximate surface area is 230 Å². The molecule has 0 saturated carbocycles. The maximum atomic E-state index is 16.4. The molecule has 2 aromatic carbocycles. The number of aromatic nitrogens is 3. The number of phenolic OH excluding ortho intramolecular Hbond substituents is 1. The number of nitrogens with one attached hydrogen (secondary N) is 1. The summed E-state index contributed by atoms with van der Waals surface area (Å²) in [6, 6.07) is 12.2. The molecule has 4 bridgehead atoms. The Kier molecular flexibility index (Phi) is 5.75. The van der Waals surface area contributed by atoms with Crippen LogP contribution in [0, 0.1) is 5.82 Å². The Morgan fingerprint density at radius 1 is 1.07 bits per heavy atom. The van der Waals surface area contributed by atoms with E-state index in [2.05, 4.69) is 25.1 Å². The molecule has 2 N–H and O–H groups in total. The maximum absolute atomic E-state index is 16.4. The summed E-state index contributed by atoms with van der Waals surface area (Å²) in [6.45, 7) is 4.44. The molecule has 6 heterocycles. The molecule has 2 unspecified atom stereocenters. The van der Waals surface area contributed by atoms with Crippen LogP contribution in [0.2, 0.25) is 0 Å². The van der Waals surface area contributed by atoms with Crippen molar-refractivity contribution in [1.29, 1.82) is 0 Å². The largest absolute Gasteiger partial charge is 0.508 e. The number of rotatable bonds is 6. The molecule has 8 rings (SSSR count). The van der Waals surface area contributed by atoms with Crippen molar-refractivity contribution in [2.45, 2.75) is 43.5 Å². The Hall–Kier alpha value is -3.60. The fraction of sp³-hybridized carbons (Fsp3) is 0.433. The van der Waals surface area contributed by atoms with Crippen LogP contribution in [-0.2, 0) is 4.74 Å². The van der Waals surface area contributed by atoms with Crippen molar-refractivity contribution in [3.05, 3.63) is 48.4 Å². The van der Waals surface area contributed by atoms with Gasteiger partial charge in [0.2, 0.25) is 0 Å². The van der Waals surface area contributed by atoms with E-state index in [0.29, 0.717) is 47.6 Å². The van der Waals surface area contributed by atoms with Crippen LogP contribution in [0.1, 0.15) is 19.3 Å². The summed E-state index contributed by atoms with van der Waals surface area (Å²) in [7, 11) is 0. The second-order valence-corrected chi connectivity index (χ2v) is 11.5. The number of likely N-dealkylation sites (tertiary alicyclic amines) is 1. The zero-order chi connectivity index (χ0) is 26.8. The molecule has 4 atom stereocenters. The summed E-state index contributed by atoms with van der Waals surface area (Å²) in [4.78, 5) is 18.6. The molecular weight excluding hydrogens is 511 g/mol. The van der Waals surface area contributed by atoms with Gasteiger partial charge in [-0.1, -0.05) is 24.3 Å². The van der Waals surface area contributed by atoms with E-state index in [1.165, 1.54) is 0 Å². The number of hydrogen-bond donors (Lipinski definition) is 2. The van der Waals surface area contributed by atoms with E-state index in [-0.39, 0.29) is 23.0 Å². The second kappa shape index (κ2) is 9.50. The summed E-state index contributed by atoms with van der Waals surface area (Å²) in [5, 5.41) is 16.2. The molecule has 2 aromatic heterocycles. The highest BCUT2D eigenvalue weighted by molar-refractivity contribution is 5.99. The average Bonchev–Trinajstić information content (AvgIpc) is 3.68. The third kappa shape index (κ3) is 4.13. The molecule has 0 spiro atoms.